The molecule has 0 radical (unpaired) electrons. The maximum Gasteiger partial charge on any atom is 0.128 e. The summed E-state index contributed by atoms with van der Waals surface area (Å²) in [6.07, 6.45) is 0. The van der Waals surface area contributed by atoms with Crippen LogP contribution in [-0.4, -0.2) is 0 Å². The number of halogens is 2. The first-order valence-electron chi connectivity index (χ1n) is 4.94. The summed E-state index contributed by atoms with van der Waals surface area (Å²) >= 11 is 5.98. The van der Waals surface area contributed by atoms with E-state index >= 15 is 0 Å². The quantitative estimate of drug-likeness (QED) is 0.659. The Morgan fingerprint density at radius 3 is 2.53 bits per heavy atom. The van der Waals surface area contributed by atoms with Crippen molar-refractivity contribution in [3.63, 3.8) is 0 Å². The predicted octanol–water partition coefficient (Wildman–Crippen LogP) is 4.24. The van der Waals surface area contributed by atoms with Crippen molar-refractivity contribution < 1.29 is 4.39 Å². The Bertz CT molecular complexity index is 380. The number of rotatable bonds is 2. The zero-order valence-electron chi connectivity index (χ0n) is 9.14. The van der Waals surface area contributed by atoms with E-state index in [2.05, 4.69) is 11.8 Å². The van der Waals surface area contributed by atoms with Gasteiger partial charge in [0.15, 0.2) is 0 Å². The first-order valence-corrected chi connectivity index (χ1v) is 5.32. The monoisotopic (exact) mass is 224 g/mol. The molecule has 0 bridgehead atoms. The van der Waals surface area contributed by atoms with Crippen LogP contribution in [0.1, 0.15) is 32.3 Å². The number of hydrogen-bond donors (Lipinski definition) is 0. The Balaban J connectivity index is 3.08. The van der Waals surface area contributed by atoms with Gasteiger partial charge in [0.1, 0.15) is 5.82 Å². The normalized spacial score (nSPS) is 13.9. The van der Waals surface area contributed by atoms with E-state index in [0.29, 0.717) is 10.6 Å². The molecule has 2 atom stereocenters. The maximum atomic E-state index is 13.6. The Morgan fingerprint density at radius 1 is 1.33 bits per heavy atom. The highest BCUT2D eigenvalue weighted by Gasteiger charge is 2.18. The maximum absolute atomic E-state index is 13.6. The molecule has 2 heteroatoms. The summed E-state index contributed by atoms with van der Waals surface area (Å²) in [5.74, 6) is 5.72. The van der Waals surface area contributed by atoms with Gasteiger partial charge in [-0.1, -0.05) is 37.4 Å². The van der Waals surface area contributed by atoms with Crippen LogP contribution in [-0.2, 0) is 0 Å². The molecule has 0 heterocycles. The Labute approximate surface area is 95.5 Å². The minimum Gasteiger partial charge on any atom is -0.207 e. The van der Waals surface area contributed by atoms with Gasteiger partial charge in [0, 0.05) is 16.5 Å². The third kappa shape index (κ3) is 2.73. The van der Waals surface area contributed by atoms with Gasteiger partial charge in [0.05, 0.1) is 0 Å². The summed E-state index contributed by atoms with van der Waals surface area (Å²) in [4.78, 5) is 0. The average Bonchev–Trinajstić information content (AvgIpc) is 2.17. The van der Waals surface area contributed by atoms with E-state index in [0.717, 1.165) is 0 Å². The Morgan fingerprint density at radius 2 is 2.00 bits per heavy atom. The summed E-state index contributed by atoms with van der Waals surface area (Å²) in [5.41, 5.74) is 0.564. The van der Waals surface area contributed by atoms with Crippen molar-refractivity contribution in [1.82, 2.24) is 0 Å². The van der Waals surface area contributed by atoms with Crippen LogP contribution in [0.2, 0.25) is 5.02 Å². The topological polar surface area (TPSA) is 0 Å². The molecular formula is C13H14ClF. The lowest BCUT2D eigenvalue weighted by Gasteiger charge is -2.17. The zero-order chi connectivity index (χ0) is 11.4. The average molecular weight is 225 g/mol. The van der Waals surface area contributed by atoms with Gasteiger partial charge in [0.2, 0.25) is 0 Å². The SMILES string of the molecule is CC#CC(C)C(C)c1c(F)cccc1Cl. The minimum atomic E-state index is -0.250. The first-order chi connectivity index (χ1) is 7.07. The van der Waals surface area contributed by atoms with Crippen LogP contribution in [0.4, 0.5) is 4.39 Å². The highest BCUT2D eigenvalue weighted by molar-refractivity contribution is 6.31. The standard InChI is InChI=1S/C13H14ClF/c1-4-6-9(2)10(3)13-11(14)7-5-8-12(13)15/h5,7-10H,1-3H3. The largest absolute Gasteiger partial charge is 0.207 e. The molecule has 80 valence electrons. The molecule has 0 aliphatic carbocycles. The van der Waals surface area contributed by atoms with E-state index in [1.54, 1.807) is 19.1 Å². The van der Waals surface area contributed by atoms with Gasteiger partial charge in [-0.3, -0.25) is 0 Å². The van der Waals surface area contributed by atoms with Crippen molar-refractivity contribution in [3.05, 3.63) is 34.6 Å². The van der Waals surface area contributed by atoms with Crippen LogP contribution in [0.5, 0.6) is 0 Å². The second kappa shape index (κ2) is 5.19. The fourth-order valence-electron chi connectivity index (χ4n) is 1.55. The van der Waals surface area contributed by atoms with Crippen molar-refractivity contribution in [2.24, 2.45) is 5.92 Å². The van der Waals surface area contributed by atoms with E-state index in [1.807, 2.05) is 13.8 Å². The molecule has 0 spiro atoms. The summed E-state index contributed by atoms with van der Waals surface area (Å²) < 4.78 is 13.6. The van der Waals surface area contributed by atoms with Crippen LogP contribution in [0.15, 0.2) is 18.2 Å². The van der Waals surface area contributed by atoms with Crippen molar-refractivity contribution in [3.8, 4) is 11.8 Å². The lowest BCUT2D eigenvalue weighted by Crippen LogP contribution is -2.07. The molecule has 1 aromatic rings. The highest BCUT2D eigenvalue weighted by atomic mass is 35.5. The predicted molar refractivity (Wildman–Crippen MR) is 62.4 cm³/mol. The van der Waals surface area contributed by atoms with E-state index in [4.69, 9.17) is 11.6 Å². The minimum absolute atomic E-state index is 0.00569. The molecule has 2 unspecified atom stereocenters. The van der Waals surface area contributed by atoms with Crippen LogP contribution in [0.25, 0.3) is 0 Å². The molecule has 0 N–H and O–H groups in total. The zero-order valence-corrected chi connectivity index (χ0v) is 9.90. The molecule has 0 saturated heterocycles. The molecule has 1 rings (SSSR count). The van der Waals surface area contributed by atoms with Crippen LogP contribution in [0.3, 0.4) is 0 Å². The van der Waals surface area contributed by atoms with Crippen molar-refractivity contribution >= 4 is 11.6 Å². The van der Waals surface area contributed by atoms with Gasteiger partial charge in [-0.05, 0) is 25.0 Å². The molecule has 0 nitrogen and oxygen atoms in total. The van der Waals surface area contributed by atoms with Crippen molar-refractivity contribution in [2.45, 2.75) is 26.7 Å². The highest BCUT2D eigenvalue weighted by Crippen LogP contribution is 2.31. The lowest BCUT2D eigenvalue weighted by molar-refractivity contribution is 0.546. The van der Waals surface area contributed by atoms with E-state index in [9.17, 15) is 4.39 Å². The third-order valence-electron chi connectivity index (χ3n) is 2.58. The molecular weight excluding hydrogens is 211 g/mol. The molecule has 0 aliphatic heterocycles. The van der Waals surface area contributed by atoms with Crippen molar-refractivity contribution in [1.29, 1.82) is 0 Å². The Hall–Kier alpha value is -1.00. The lowest BCUT2D eigenvalue weighted by atomic mass is 9.89. The molecule has 0 aliphatic rings. The van der Waals surface area contributed by atoms with Gasteiger partial charge in [-0.15, -0.1) is 5.92 Å². The summed E-state index contributed by atoms with van der Waals surface area (Å²) in [6.45, 7) is 5.70. The van der Waals surface area contributed by atoms with Crippen LogP contribution >= 0.6 is 11.6 Å². The molecule has 0 amide bonds. The fraction of sp³-hybridized carbons (Fsp3) is 0.385. The Kier molecular flexibility index (Phi) is 4.17. The van der Waals surface area contributed by atoms with E-state index in [-0.39, 0.29) is 17.7 Å². The molecule has 15 heavy (non-hydrogen) atoms. The number of benzene rings is 1. The van der Waals surface area contributed by atoms with Crippen LogP contribution < -0.4 is 0 Å². The third-order valence-corrected chi connectivity index (χ3v) is 2.91. The summed E-state index contributed by atoms with van der Waals surface area (Å²) in [7, 11) is 0. The van der Waals surface area contributed by atoms with E-state index in [1.165, 1.54) is 6.07 Å². The van der Waals surface area contributed by atoms with Gasteiger partial charge in [-0.2, -0.15) is 0 Å². The molecule has 0 saturated carbocycles. The molecule has 0 fully saturated rings. The smallest absolute Gasteiger partial charge is 0.128 e. The van der Waals surface area contributed by atoms with Crippen LogP contribution in [0, 0.1) is 23.6 Å². The van der Waals surface area contributed by atoms with Gasteiger partial charge in [-0.25, -0.2) is 4.39 Å². The van der Waals surface area contributed by atoms with Gasteiger partial charge >= 0.3 is 0 Å². The second-order valence-electron chi connectivity index (χ2n) is 3.61. The van der Waals surface area contributed by atoms with Crippen molar-refractivity contribution in [2.75, 3.05) is 0 Å². The second-order valence-corrected chi connectivity index (χ2v) is 4.01. The molecule has 0 aromatic heterocycles. The van der Waals surface area contributed by atoms with Gasteiger partial charge < -0.3 is 0 Å². The van der Waals surface area contributed by atoms with Gasteiger partial charge in [0.25, 0.3) is 0 Å². The summed E-state index contributed by atoms with van der Waals surface area (Å²) in [6, 6.07) is 4.76. The number of hydrogen-bond acceptors (Lipinski definition) is 0. The van der Waals surface area contributed by atoms with E-state index < -0.39 is 0 Å². The first kappa shape index (κ1) is 12.1. The fourth-order valence-corrected chi connectivity index (χ4v) is 1.88. The summed E-state index contributed by atoms with van der Waals surface area (Å²) in [5, 5.41) is 0.479. The molecule has 1 aromatic carbocycles.